The normalized spacial score (nSPS) is 9.81. The number of nitrogens with zero attached hydrogens (tertiary/aromatic N) is 1. The van der Waals surface area contributed by atoms with Crippen molar-refractivity contribution in [2.75, 3.05) is 34.0 Å². The molecule has 0 aromatic heterocycles. The highest BCUT2D eigenvalue weighted by atomic mass is 35.5. The lowest BCUT2D eigenvalue weighted by Crippen LogP contribution is -3.00. The van der Waals surface area contributed by atoms with Gasteiger partial charge in [-0.25, -0.2) is 0 Å². The van der Waals surface area contributed by atoms with Crippen LogP contribution in [-0.2, 0) is 9.53 Å². The van der Waals surface area contributed by atoms with E-state index in [0.717, 1.165) is 17.8 Å². The van der Waals surface area contributed by atoms with E-state index in [2.05, 4.69) is 26.8 Å². The van der Waals surface area contributed by atoms with Gasteiger partial charge >= 0.3 is 0 Å². The number of unbranched alkanes of at least 4 members (excludes halogenated alkanes) is 1. The second kappa shape index (κ2) is 12.7. The molecule has 0 aliphatic rings. The van der Waals surface area contributed by atoms with Crippen LogP contribution >= 0.6 is 0 Å². The maximum atomic E-state index is 9.22. The molecule has 0 spiro atoms. The molecule has 16 heavy (non-hydrogen) atoms. The minimum Gasteiger partial charge on any atom is -1.00 e. The first kappa shape index (κ1) is 21.0. The third-order valence-electron chi connectivity index (χ3n) is 1.76. The van der Waals surface area contributed by atoms with Gasteiger partial charge in [-0.2, -0.15) is 0 Å². The largest absolute Gasteiger partial charge is 1.00 e. The summed E-state index contributed by atoms with van der Waals surface area (Å²) in [5.74, 6) is -0.333. The number of nitrogens with two attached hydrogens (primary N) is 1. The Morgan fingerprint density at radius 1 is 1.31 bits per heavy atom. The summed E-state index contributed by atoms with van der Waals surface area (Å²) in [6, 6.07) is 0. The van der Waals surface area contributed by atoms with Crippen LogP contribution in [0.2, 0.25) is 0 Å². The summed E-state index contributed by atoms with van der Waals surface area (Å²) in [6.07, 6.45) is 2.56. The van der Waals surface area contributed by atoms with Crippen LogP contribution in [0.3, 0.4) is 0 Å². The maximum Gasteiger partial charge on any atom is 0.214 e. The number of carbonyl (C=O) groups is 1. The minimum atomic E-state index is -0.333. The Hall–Kier alpha value is -0.320. The van der Waals surface area contributed by atoms with Crippen molar-refractivity contribution >= 4 is 5.91 Å². The predicted molar refractivity (Wildman–Crippen MR) is 63.2 cm³/mol. The molecular weight excluding hydrogens is 228 g/mol. The Morgan fingerprint density at radius 3 is 2.06 bits per heavy atom. The fourth-order valence-corrected chi connectivity index (χ4v) is 0.989. The van der Waals surface area contributed by atoms with E-state index in [1.54, 1.807) is 0 Å². The molecule has 1 amide bonds. The van der Waals surface area contributed by atoms with Gasteiger partial charge in [0.05, 0.1) is 20.6 Å². The average molecular weight is 255 g/mol. The lowest BCUT2D eigenvalue weighted by atomic mass is 10.3. The summed E-state index contributed by atoms with van der Waals surface area (Å²) in [5, 5.41) is 0. The molecular formula is C11H27ClN2O2. The average Bonchev–Trinajstić information content (AvgIpc) is 2.11. The van der Waals surface area contributed by atoms with Crippen LogP contribution in [0.15, 0.2) is 0 Å². The van der Waals surface area contributed by atoms with Crippen LogP contribution in [-0.4, -0.2) is 44.4 Å². The van der Waals surface area contributed by atoms with Crippen molar-refractivity contribution in [3.8, 4) is 0 Å². The Bertz CT molecular complexity index is 150. The van der Waals surface area contributed by atoms with E-state index >= 15 is 0 Å². The van der Waals surface area contributed by atoms with Crippen molar-refractivity contribution in [3.05, 3.63) is 0 Å². The fraction of sp³-hybridized carbons (Fsp3) is 0.909. The molecule has 0 unspecified atom stereocenters. The van der Waals surface area contributed by atoms with Gasteiger partial charge in [-0.15, -0.1) is 0 Å². The highest BCUT2D eigenvalue weighted by Gasteiger charge is 2.12. The van der Waals surface area contributed by atoms with E-state index in [1.165, 1.54) is 26.3 Å². The number of hydrogen-bond acceptors (Lipinski definition) is 2. The van der Waals surface area contributed by atoms with Crippen molar-refractivity contribution in [3.63, 3.8) is 0 Å². The summed E-state index contributed by atoms with van der Waals surface area (Å²) in [5.41, 5.74) is 4.47. The molecule has 0 aromatic rings. The van der Waals surface area contributed by atoms with Gasteiger partial charge in [-0.05, 0) is 13.3 Å². The zero-order valence-corrected chi connectivity index (χ0v) is 12.0. The van der Waals surface area contributed by atoms with Gasteiger partial charge in [0, 0.05) is 13.5 Å². The Kier molecular flexibility index (Phi) is 16.7. The van der Waals surface area contributed by atoms with E-state index in [4.69, 9.17) is 4.74 Å². The highest BCUT2D eigenvalue weighted by molar-refractivity contribution is 5.70. The molecule has 2 N–H and O–H groups in total. The van der Waals surface area contributed by atoms with Gasteiger partial charge in [-0.1, -0.05) is 13.3 Å². The SMILES string of the molecule is CC(N)=O.CCCC[N+](C)(C)COCC.[Cl-]. The van der Waals surface area contributed by atoms with Gasteiger partial charge in [0.15, 0.2) is 6.73 Å². The number of ether oxygens (including phenoxy) is 1. The summed E-state index contributed by atoms with van der Waals surface area (Å²) < 4.78 is 6.36. The molecule has 0 heterocycles. The number of amides is 1. The highest BCUT2D eigenvalue weighted by Crippen LogP contribution is 2.01. The van der Waals surface area contributed by atoms with E-state index in [9.17, 15) is 4.79 Å². The van der Waals surface area contributed by atoms with Crippen LogP contribution in [0.4, 0.5) is 0 Å². The van der Waals surface area contributed by atoms with E-state index in [1.807, 2.05) is 6.92 Å². The molecule has 0 aromatic carbocycles. The Balaban J connectivity index is -0.000000292. The maximum absolute atomic E-state index is 9.22. The molecule has 0 aliphatic carbocycles. The fourth-order valence-electron chi connectivity index (χ4n) is 0.989. The van der Waals surface area contributed by atoms with Crippen molar-refractivity contribution < 1.29 is 26.4 Å². The molecule has 100 valence electrons. The third-order valence-corrected chi connectivity index (χ3v) is 1.76. The van der Waals surface area contributed by atoms with Crippen LogP contribution < -0.4 is 18.1 Å². The molecule has 0 fully saturated rings. The van der Waals surface area contributed by atoms with Crippen molar-refractivity contribution in [2.24, 2.45) is 5.73 Å². The first-order valence-electron chi connectivity index (χ1n) is 5.51. The summed E-state index contributed by atoms with van der Waals surface area (Å²) in [7, 11) is 4.43. The molecule has 5 heteroatoms. The second-order valence-electron chi connectivity index (χ2n) is 4.25. The number of rotatable bonds is 6. The van der Waals surface area contributed by atoms with Crippen LogP contribution in [0, 0.1) is 0 Å². The quantitative estimate of drug-likeness (QED) is 0.456. The van der Waals surface area contributed by atoms with Crippen LogP contribution in [0.5, 0.6) is 0 Å². The van der Waals surface area contributed by atoms with E-state index in [-0.39, 0.29) is 18.3 Å². The lowest BCUT2D eigenvalue weighted by Gasteiger charge is -2.28. The molecule has 0 aliphatic heterocycles. The molecule has 4 nitrogen and oxygen atoms in total. The second-order valence-corrected chi connectivity index (χ2v) is 4.25. The number of primary amides is 1. The molecule has 0 saturated carbocycles. The predicted octanol–water partition coefficient (Wildman–Crippen LogP) is -1.65. The topological polar surface area (TPSA) is 52.3 Å². The molecule has 0 rings (SSSR count). The summed E-state index contributed by atoms with van der Waals surface area (Å²) in [4.78, 5) is 9.22. The Labute approximate surface area is 106 Å². The Morgan fingerprint density at radius 2 is 1.75 bits per heavy atom. The molecule has 0 saturated heterocycles. The molecule has 0 bridgehead atoms. The zero-order chi connectivity index (χ0) is 12.3. The molecule has 0 radical (unpaired) electrons. The van der Waals surface area contributed by atoms with E-state index < -0.39 is 0 Å². The van der Waals surface area contributed by atoms with Crippen LogP contribution in [0.25, 0.3) is 0 Å². The van der Waals surface area contributed by atoms with Crippen LogP contribution in [0.1, 0.15) is 33.6 Å². The van der Waals surface area contributed by atoms with Crippen molar-refractivity contribution in [2.45, 2.75) is 33.6 Å². The van der Waals surface area contributed by atoms with Gasteiger partial charge in [0.25, 0.3) is 0 Å². The molecule has 0 atom stereocenters. The van der Waals surface area contributed by atoms with Gasteiger partial charge in [0.2, 0.25) is 5.91 Å². The minimum absolute atomic E-state index is 0. The number of carbonyl (C=O) groups excluding carboxylic acids is 1. The monoisotopic (exact) mass is 254 g/mol. The van der Waals surface area contributed by atoms with Crippen molar-refractivity contribution in [1.29, 1.82) is 0 Å². The standard InChI is InChI=1S/C9H22NO.C2H5NO.ClH/c1-5-7-8-10(3,4)9-11-6-2;1-2(3)4;/h5-9H2,1-4H3;1H3,(H2,3,4);1H/q+1;;/p-1. The summed E-state index contributed by atoms with van der Waals surface area (Å²) >= 11 is 0. The van der Waals surface area contributed by atoms with Gasteiger partial charge in [-0.3, -0.25) is 4.79 Å². The zero-order valence-electron chi connectivity index (χ0n) is 11.3. The van der Waals surface area contributed by atoms with Gasteiger partial charge < -0.3 is 27.4 Å². The number of halogens is 1. The van der Waals surface area contributed by atoms with Crippen molar-refractivity contribution in [1.82, 2.24) is 0 Å². The summed E-state index contributed by atoms with van der Waals surface area (Å²) in [6.45, 7) is 8.46. The third kappa shape index (κ3) is 23.5. The first-order chi connectivity index (χ1) is 6.85. The van der Waals surface area contributed by atoms with E-state index in [0.29, 0.717) is 0 Å². The first-order valence-corrected chi connectivity index (χ1v) is 5.51. The smallest absolute Gasteiger partial charge is 0.214 e. The number of quaternary nitrogens is 1. The number of hydrogen-bond donors (Lipinski definition) is 1. The lowest BCUT2D eigenvalue weighted by molar-refractivity contribution is -0.909. The van der Waals surface area contributed by atoms with Gasteiger partial charge in [0.1, 0.15) is 0 Å².